The van der Waals surface area contributed by atoms with Gasteiger partial charge in [-0.1, -0.05) is 48.5 Å². The second kappa shape index (κ2) is 7.99. The fraction of sp³-hybridized carbons (Fsp3) is 0.154. The molecule has 4 nitrogen and oxygen atoms in total. The minimum atomic E-state index is -0.186. The lowest BCUT2D eigenvalue weighted by atomic mass is 10.1. The van der Waals surface area contributed by atoms with Crippen LogP contribution < -0.4 is 5.32 Å². The molecule has 0 unspecified atom stereocenters. The van der Waals surface area contributed by atoms with Crippen LogP contribution in [0.2, 0.25) is 0 Å². The van der Waals surface area contributed by atoms with Crippen LogP contribution in [0, 0.1) is 27.7 Å². The zero-order chi connectivity index (χ0) is 21.3. The van der Waals surface area contributed by atoms with Crippen molar-refractivity contribution in [3.05, 3.63) is 101 Å². The van der Waals surface area contributed by atoms with Crippen LogP contribution in [-0.4, -0.2) is 15.7 Å². The van der Waals surface area contributed by atoms with E-state index in [2.05, 4.69) is 30.4 Å². The van der Waals surface area contributed by atoms with Crippen LogP contribution in [0.1, 0.15) is 32.7 Å². The predicted octanol–water partition coefficient (Wildman–Crippen LogP) is 6.03. The molecule has 1 aromatic heterocycles. The zero-order valence-electron chi connectivity index (χ0n) is 17.7. The number of benzene rings is 3. The fourth-order valence-corrected chi connectivity index (χ4v) is 3.44. The van der Waals surface area contributed by atoms with Crippen LogP contribution in [0.3, 0.4) is 0 Å². The minimum absolute atomic E-state index is 0.186. The second-order valence-electron chi connectivity index (χ2n) is 7.74. The Morgan fingerprint density at radius 3 is 2.27 bits per heavy atom. The molecule has 150 valence electrons. The molecule has 1 heterocycles. The Kier molecular flexibility index (Phi) is 5.23. The maximum atomic E-state index is 13.3. The van der Waals surface area contributed by atoms with Gasteiger partial charge in [-0.2, -0.15) is 5.10 Å². The maximum absolute atomic E-state index is 13.3. The fourth-order valence-electron chi connectivity index (χ4n) is 3.44. The van der Waals surface area contributed by atoms with Gasteiger partial charge in [0.15, 0.2) is 0 Å². The predicted molar refractivity (Wildman–Crippen MR) is 122 cm³/mol. The van der Waals surface area contributed by atoms with E-state index in [0.29, 0.717) is 5.69 Å². The SMILES string of the molecule is Cc1ccc(C)c(-n2nc(-c3ccccc3)cc2C(=O)Nc2ccc(C)c(C)c2)c1. The van der Waals surface area contributed by atoms with Gasteiger partial charge in [-0.25, -0.2) is 4.68 Å². The molecule has 4 heteroatoms. The van der Waals surface area contributed by atoms with Gasteiger partial charge in [-0.15, -0.1) is 0 Å². The summed E-state index contributed by atoms with van der Waals surface area (Å²) >= 11 is 0. The molecule has 3 aromatic carbocycles. The highest BCUT2D eigenvalue weighted by molar-refractivity contribution is 6.04. The van der Waals surface area contributed by atoms with Crippen LogP contribution in [0.15, 0.2) is 72.8 Å². The summed E-state index contributed by atoms with van der Waals surface area (Å²) in [5, 5.41) is 7.84. The molecule has 4 rings (SSSR count). The van der Waals surface area contributed by atoms with Crippen LogP contribution in [0.5, 0.6) is 0 Å². The zero-order valence-corrected chi connectivity index (χ0v) is 17.7. The van der Waals surface area contributed by atoms with E-state index in [4.69, 9.17) is 5.10 Å². The van der Waals surface area contributed by atoms with E-state index in [1.807, 2.05) is 75.4 Å². The molecule has 0 fully saturated rings. The molecule has 0 aliphatic rings. The average Bonchev–Trinajstić information content (AvgIpc) is 3.18. The van der Waals surface area contributed by atoms with Gasteiger partial charge in [0.2, 0.25) is 0 Å². The van der Waals surface area contributed by atoms with Gasteiger partial charge in [0.1, 0.15) is 5.69 Å². The van der Waals surface area contributed by atoms with E-state index in [9.17, 15) is 4.79 Å². The first kappa shape index (κ1) is 19.6. The molecule has 0 aliphatic heterocycles. The van der Waals surface area contributed by atoms with E-state index in [1.165, 1.54) is 5.56 Å². The van der Waals surface area contributed by atoms with Crippen molar-refractivity contribution < 1.29 is 4.79 Å². The summed E-state index contributed by atoms with van der Waals surface area (Å²) in [4.78, 5) is 13.3. The highest BCUT2D eigenvalue weighted by Crippen LogP contribution is 2.25. The maximum Gasteiger partial charge on any atom is 0.274 e. The number of aromatic nitrogens is 2. The Labute approximate surface area is 177 Å². The van der Waals surface area contributed by atoms with Crippen molar-refractivity contribution in [1.82, 2.24) is 9.78 Å². The average molecular weight is 396 g/mol. The number of amides is 1. The van der Waals surface area contributed by atoms with E-state index in [1.54, 1.807) is 4.68 Å². The summed E-state index contributed by atoms with van der Waals surface area (Å²) in [5.41, 5.74) is 8.43. The highest BCUT2D eigenvalue weighted by atomic mass is 16.2. The number of rotatable bonds is 4. The number of anilines is 1. The van der Waals surface area contributed by atoms with Gasteiger partial charge in [0.05, 0.1) is 11.4 Å². The Bertz CT molecular complexity index is 1220. The monoisotopic (exact) mass is 395 g/mol. The van der Waals surface area contributed by atoms with Crippen LogP contribution >= 0.6 is 0 Å². The number of carbonyl (C=O) groups excluding carboxylic acids is 1. The molecule has 0 radical (unpaired) electrons. The molecule has 1 N–H and O–H groups in total. The molecule has 0 saturated heterocycles. The smallest absolute Gasteiger partial charge is 0.274 e. The first-order valence-corrected chi connectivity index (χ1v) is 10.0. The van der Waals surface area contributed by atoms with Crippen molar-refractivity contribution in [3.8, 4) is 16.9 Å². The Morgan fingerprint density at radius 2 is 1.53 bits per heavy atom. The van der Waals surface area contributed by atoms with Gasteiger partial charge in [0, 0.05) is 11.3 Å². The van der Waals surface area contributed by atoms with Crippen molar-refractivity contribution in [3.63, 3.8) is 0 Å². The molecule has 0 atom stereocenters. The summed E-state index contributed by atoms with van der Waals surface area (Å²) in [5.74, 6) is -0.186. The molecule has 0 spiro atoms. The third-order valence-electron chi connectivity index (χ3n) is 5.37. The lowest BCUT2D eigenvalue weighted by Crippen LogP contribution is -2.17. The van der Waals surface area contributed by atoms with E-state index in [0.717, 1.165) is 39.3 Å². The summed E-state index contributed by atoms with van der Waals surface area (Å²) in [6.45, 7) is 8.17. The first-order valence-electron chi connectivity index (χ1n) is 10.0. The van der Waals surface area contributed by atoms with Crippen molar-refractivity contribution >= 4 is 11.6 Å². The number of carbonyl (C=O) groups is 1. The van der Waals surface area contributed by atoms with Crippen molar-refractivity contribution in [2.45, 2.75) is 27.7 Å². The molecule has 0 saturated carbocycles. The molecule has 30 heavy (non-hydrogen) atoms. The van der Waals surface area contributed by atoms with Crippen LogP contribution in [0.25, 0.3) is 16.9 Å². The largest absolute Gasteiger partial charge is 0.321 e. The van der Waals surface area contributed by atoms with Crippen molar-refractivity contribution in [2.24, 2.45) is 0 Å². The number of nitrogens with one attached hydrogen (secondary N) is 1. The second-order valence-corrected chi connectivity index (χ2v) is 7.74. The van der Waals surface area contributed by atoms with Gasteiger partial charge in [-0.3, -0.25) is 4.79 Å². The van der Waals surface area contributed by atoms with Crippen LogP contribution in [-0.2, 0) is 0 Å². The third-order valence-corrected chi connectivity index (χ3v) is 5.37. The topological polar surface area (TPSA) is 46.9 Å². The van der Waals surface area contributed by atoms with Crippen molar-refractivity contribution in [2.75, 3.05) is 5.32 Å². The summed E-state index contributed by atoms with van der Waals surface area (Å²) in [6, 6.07) is 23.9. The lowest BCUT2D eigenvalue weighted by Gasteiger charge is -2.12. The van der Waals surface area contributed by atoms with Crippen LogP contribution in [0.4, 0.5) is 5.69 Å². The highest BCUT2D eigenvalue weighted by Gasteiger charge is 2.19. The number of hydrogen-bond donors (Lipinski definition) is 1. The standard InChI is InChI=1S/C26H25N3O/c1-17-10-11-19(3)24(14-17)29-25(16-23(28-29)21-8-6-5-7-9-21)26(30)27-22-13-12-18(2)20(4)15-22/h5-16H,1-4H3,(H,27,30). The number of nitrogens with zero attached hydrogens (tertiary/aromatic N) is 2. The molecule has 4 aromatic rings. The Hall–Kier alpha value is -3.66. The Morgan fingerprint density at radius 1 is 0.800 bits per heavy atom. The quantitative estimate of drug-likeness (QED) is 0.459. The van der Waals surface area contributed by atoms with Gasteiger partial charge >= 0.3 is 0 Å². The molecule has 0 aliphatic carbocycles. The van der Waals surface area contributed by atoms with Gasteiger partial charge in [0.25, 0.3) is 5.91 Å². The molecular weight excluding hydrogens is 370 g/mol. The number of aryl methyl sites for hydroxylation is 4. The summed E-state index contributed by atoms with van der Waals surface area (Å²) < 4.78 is 1.75. The van der Waals surface area contributed by atoms with Gasteiger partial charge < -0.3 is 5.32 Å². The van der Waals surface area contributed by atoms with E-state index >= 15 is 0 Å². The van der Waals surface area contributed by atoms with E-state index in [-0.39, 0.29) is 5.91 Å². The normalized spacial score (nSPS) is 10.8. The summed E-state index contributed by atoms with van der Waals surface area (Å²) in [6.07, 6.45) is 0. The lowest BCUT2D eigenvalue weighted by molar-refractivity contribution is 0.101. The molecule has 0 bridgehead atoms. The number of hydrogen-bond acceptors (Lipinski definition) is 2. The summed E-state index contributed by atoms with van der Waals surface area (Å²) in [7, 11) is 0. The molecular formula is C26H25N3O. The van der Waals surface area contributed by atoms with Gasteiger partial charge in [-0.05, 0) is 74.2 Å². The third kappa shape index (κ3) is 3.90. The van der Waals surface area contributed by atoms with Crippen molar-refractivity contribution in [1.29, 1.82) is 0 Å². The first-order chi connectivity index (χ1) is 14.4. The molecule has 1 amide bonds. The Balaban J connectivity index is 1.80. The minimum Gasteiger partial charge on any atom is -0.321 e. The van der Waals surface area contributed by atoms with E-state index < -0.39 is 0 Å².